The number of aromatic nitrogens is 2. The van der Waals surface area contributed by atoms with Crippen LogP contribution in [0, 0.1) is 0 Å². The van der Waals surface area contributed by atoms with Crippen LogP contribution in [-0.4, -0.2) is 23.4 Å². The number of nitrogens with two attached hydrogens (primary N) is 1. The number of benzene rings is 1. The Balaban J connectivity index is 2.14. The van der Waals surface area contributed by atoms with Gasteiger partial charge < -0.3 is 15.0 Å². The van der Waals surface area contributed by atoms with Crippen LogP contribution in [0.5, 0.6) is 0 Å². The molecule has 0 fully saturated rings. The first-order valence-corrected chi connectivity index (χ1v) is 7.42. The Kier molecular flexibility index (Phi) is 5.54. The van der Waals surface area contributed by atoms with E-state index in [9.17, 15) is 0 Å². The van der Waals surface area contributed by atoms with Crippen LogP contribution in [0.25, 0.3) is 11.5 Å². The molecule has 0 aliphatic carbocycles. The molecule has 2 N–H and O–H groups in total. The van der Waals surface area contributed by atoms with Gasteiger partial charge in [0.05, 0.1) is 23.2 Å². The summed E-state index contributed by atoms with van der Waals surface area (Å²) >= 11 is 9.54. The molecule has 0 saturated heterocycles. The average Bonchev–Trinajstić information content (AvgIpc) is 2.91. The highest BCUT2D eigenvalue weighted by Gasteiger charge is 2.17. The van der Waals surface area contributed by atoms with Crippen molar-refractivity contribution in [3.63, 3.8) is 0 Å². The number of rotatable bonds is 6. The summed E-state index contributed by atoms with van der Waals surface area (Å²) in [6.45, 7) is 3.06. The Bertz CT molecular complexity index is 576. The molecule has 1 atom stereocenters. The number of hydrogen-bond donors (Lipinski definition) is 1. The topological polar surface area (TPSA) is 74.2 Å². The Morgan fingerprint density at radius 3 is 3.05 bits per heavy atom. The van der Waals surface area contributed by atoms with Crippen molar-refractivity contribution in [3.05, 3.63) is 33.5 Å². The molecule has 2 rings (SSSR count). The lowest BCUT2D eigenvalue weighted by molar-refractivity contribution is 0.119. The molecule has 20 heavy (non-hydrogen) atoms. The zero-order chi connectivity index (χ0) is 14.5. The second-order valence-corrected chi connectivity index (χ2v) is 5.47. The molecule has 0 saturated carbocycles. The normalized spacial score (nSPS) is 12.6. The summed E-state index contributed by atoms with van der Waals surface area (Å²) in [5.41, 5.74) is 6.61. The predicted molar refractivity (Wildman–Crippen MR) is 80.5 cm³/mol. The van der Waals surface area contributed by atoms with Gasteiger partial charge in [0.25, 0.3) is 5.89 Å². The van der Waals surface area contributed by atoms with Gasteiger partial charge in [-0.1, -0.05) is 29.7 Å². The summed E-state index contributed by atoms with van der Waals surface area (Å²) in [5, 5.41) is 4.40. The smallest absolute Gasteiger partial charge is 0.259 e. The van der Waals surface area contributed by atoms with E-state index < -0.39 is 6.04 Å². The molecular weight excluding hydrogens is 346 g/mol. The van der Waals surface area contributed by atoms with E-state index in [1.165, 1.54) is 0 Å². The van der Waals surface area contributed by atoms with E-state index in [0.717, 1.165) is 10.9 Å². The molecule has 2 aromatic rings. The fourth-order valence-electron chi connectivity index (χ4n) is 1.59. The van der Waals surface area contributed by atoms with Crippen LogP contribution in [0.4, 0.5) is 0 Å². The Morgan fingerprint density at radius 1 is 1.50 bits per heavy atom. The van der Waals surface area contributed by atoms with Crippen LogP contribution in [0.15, 0.2) is 27.2 Å². The Morgan fingerprint density at radius 2 is 2.30 bits per heavy atom. The highest BCUT2D eigenvalue weighted by molar-refractivity contribution is 9.10. The molecule has 5 nitrogen and oxygen atoms in total. The number of hydrogen-bond acceptors (Lipinski definition) is 5. The molecule has 0 bridgehead atoms. The molecule has 108 valence electrons. The van der Waals surface area contributed by atoms with Gasteiger partial charge in [0.15, 0.2) is 5.82 Å². The van der Waals surface area contributed by atoms with Gasteiger partial charge in [-0.2, -0.15) is 4.98 Å². The molecule has 0 aliphatic heterocycles. The van der Waals surface area contributed by atoms with Crippen molar-refractivity contribution in [2.75, 3.05) is 13.2 Å². The van der Waals surface area contributed by atoms with Crippen molar-refractivity contribution in [3.8, 4) is 11.5 Å². The first kappa shape index (κ1) is 15.4. The second-order valence-electron chi connectivity index (χ2n) is 4.24. The standard InChI is InChI=1S/C13H15BrClN3O2/c1-2-6-19-7-10(16)12-17-13(20-18-12)8-4-3-5-9(14)11(8)15/h3-5,10H,2,6-7,16H2,1H3. The molecule has 1 aromatic heterocycles. The molecule has 0 spiro atoms. The van der Waals surface area contributed by atoms with Gasteiger partial charge in [0, 0.05) is 11.1 Å². The van der Waals surface area contributed by atoms with Crippen LogP contribution in [-0.2, 0) is 4.74 Å². The van der Waals surface area contributed by atoms with E-state index in [0.29, 0.717) is 35.5 Å². The quantitative estimate of drug-likeness (QED) is 0.797. The highest BCUT2D eigenvalue weighted by Crippen LogP contribution is 2.32. The van der Waals surface area contributed by atoms with Crippen LogP contribution in [0.1, 0.15) is 25.2 Å². The summed E-state index contributed by atoms with van der Waals surface area (Å²) in [7, 11) is 0. The van der Waals surface area contributed by atoms with Crippen molar-refractivity contribution in [2.24, 2.45) is 5.73 Å². The summed E-state index contributed by atoms with van der Waals surface area (Å²) < 4.78 is 11.4. The van der Waals surface area contributed by atoms with Gasteiger partial charge in [-0.3, -0.25) is 0 Å². The molecule has 0 amide bonds. The lowest BCUT2D eigenvalue weighted by atomic mass is 10.2. The molecule has 1 aromatic carbocycles. The van der Waals surface area contributed by atoms with E-state index in [1.54, 1.807) is 0 Å². The lowest BCUT2D eigenvalue weighted by Gasteiger charge is -2.06. The van der Waals surface area contributed by atoms with Crippen molar-refractivity contribution in [1.29, 1.82) is 0 Å². The summed E-state index contributed by atoms with van der Waals surface area (Å²) in [4.78, 5) is 4.27. The zero-order valence-corrected chi connectivity index (χ0v) is 13.3. The van der Waals surface area contributed by atoms with Crippen molar-refractivity contribution >= 4 is 27.5 Å². The number of nitrogens with zero attached hydrogens (tertiary/aromatic N) is 2. The lowest BCUT2D eigenvalue weighted by Crippen LogP contribution is -2.18. The minimum atomic E-state index is -0.412. The maximum absolute atomic E-state index is 6.19. The summed E-state index contributed by atoms with van der Waals surface area (Å²) in [6, 6.07) is 5.08. The molecule has 1 unspecified atom stereocenters. The molecule has 0 radical (unpaired) electrons. The van der Waals surface area contributed by atoms with E-state index in [2.05, 4.69) is 26.1 Å². The van der Waals surface area contributed by atoms with Gasteiger partial charge in [0.1, 0.15) is 0 Å². The molecule has 0 aliphatic rings. The maximum Gasteiger partial charge on any atom is 0.259 e. The third-order valence-electron chi connectivity index (χ3n) is 2.60. The number of halogens is 2. The predicted octanol–water partition coefficient (Wildman–Crippen LogP) is 3.58. The number of ether oxygens (including phenoxy) is 1. The van der Waals surface area contributed by atoms with Gasteiger partial charge in [-0.25, -0.2) is 0 Å². The molecule has 7 heteroatoms. The summed E-state index contributed by atoms with van der Waals surface area (Å²) in [5.74, 6) is 0.754. The highest BCUT2D eigenvalue weighted by atomic mass is 79.9. The van der Waals surface area contributed by atoms with Gasteiger partial charge in [-0.15, -0.1) is 0 Å². The fourth-order valence-corrected chi connectivity index (χ4v) is 2.17. The average molecular weight is 361 g/mol. The van der Waals surface area contributed by atoms with Crippen LogP contribution in [0.3, 0.4) is 0 Å². The minimum absolute atomic E-state index is 0.345. The minimum Gasteiger partial charge on any atom is -0.379 e. The van der Waals surface area contributed by atoms with E-state index >= 15 is 0 Å². The zero-order valence-electron chi connectivity index (χ0n) is 11.0. The SMILES string of the molecule is CCCOCC(N)c1noc(-c2cccc(Br)c2Cl)n1. The van der Waals surface area contributed by atoms with E-state index in [-0.39, 0.29) is 0 Å². The van der Waals surface area contributed by atoms with Gasteiger partial charge >= 0.3 is 0 Å². The van der Waals surface area contributed by atoms with Crippen LogP contribution >= 0.6 is 27.5 Å². The summed E-state index contributed by atoms with van der Waals surface area (Å²) in [6.07, 6.45) is 0.942. The maximum atomic E-state index is 6.19. The Hall–Kier alpha value is -0.950. The largest absolute Gasteiger partial charge is 0.379 e. The van der Waals surface area contributed by atoms with Crippen LogP contribution in [0.2, 0.25) is 5.02 Å². The van der Waals surface area contributed by atoms with Gasteiger partial charge in [0.2, 0.25) is 0 Å². The molecule has 1 heterocycles. The van der Waals surface area contributed by atoms with Crippen molar-refractivity contribution in [1.82, 2.24) is 10.1 Å². The van der Waals surface area contributed by atoms with E-state index in [4.69, 9.17) is 26.6 Å². The third kappa shape index (κ3) is 3.58. The Labute approximate surface area is 130 Å². The first-order chi connectivity index (χ1) is 9.63. The third-order valence-corrected chi connectivity index (χ3v) is 3.90. The second kappa shape index (κ2) is 7.17. The van der Waals surface area contributed by atoms with Gasteiger partial charge in [-0.05, 0) is 34.5 Å². The van der Waals surface area contributed by atoms with E-state index in [1.807, 2.05) is 25.1 Å². The first-order valence-electron chi connectivity index (χ1n) is 6.24. The van der Waals surface area contributed by atoms with Crippen LogP contribution < -0.4 is 5.73 Å². The fraction of sp³-hybridized carbons (Fsp3) is 0.385. The molecular formula is C13H15BrClN3O2. The monoisotopic (exact) mass is 359 g/mol. The van der Waals surface area contributed by atoms with Crippen molar-refractivity contribution in [2.45, 2.75) is 19.4 Å². The van der Waals surface area contributed by atoms with Crippen molar-refractivity contribution < 1.29 is 9.26 Å².